The third-order valence-corrected chi connectivity index (χ3v) is 8.76. The van der Waals surface area contributed by atoms with E-state index in [1.54, 1.807) is 30.6 Å². The van der Waals surface area contributed by atoms with Crippen LogP contribution in [0.25, 0.3) is 17.4 Å². The Bertz CT molecular complexity index is 1780. The standard InChI is InChI=1S/C30H26BrClN2O4S/c1-5-37-29(36)26-17(4)33-30-34(27(26)19-8-6-18(7-9-19)16(2)3)28(35)25(39-30)15-21-11-13-24(38-21)20-10-12-22(31)23(32)14-20/h6-16,27H,5H2,1-4H3/b25-15+/t27-/m1/s1. The number of fused-ring (bicyclic) bond motifs is 1. The fraction of sp³-hybridized carbons (Fsp3) is 0.233. The van der Waals surface area contributed by atoms with Crippen molar-refractivity contribution < 1.29 is 13.9 Å². The molecule has 6 nitrogen and oxygen atoms in total. The predicted molar refractivity (Wildman–Crippen MR) is 158 cm³/mol. The number of allylic oxidation sites excluding steroid dienone is 1. The van der Waals surface area contributed by atoms with Gasteiger partial charge in [0.25, 0.3) is 5.56 Å². The summed E-state index contributed by atoms with van der Waals surface area (Å²) in [6.45, 7) is 8.01. The van der Waals surface area contributed by atoms with Gasteiger partial charge in [0.2, 0.25) is 0 Å². The molecule has 0 saturated carbocycles. The van der Waals surface area contributed by atoms with Crippen LogP contribution in [0.2, 0.25) is 5.02 Å². The summed E-state index contributed by atoms with van der Waals surface area (Å²) in [5, 5.41) is 0.577. The van der Waals surface area contributed by atoms with Crippen LogP contribution >= 0.6 is 38.9 Å². The SMILES string of the molecule is CCOC(=O)C1=C(C)N=c2s/c(=C/c3ccc(-c4ccc(Br)c(Cl)c4)o3)c(=O)n2[C@@H]1c1ccc(C(C)C)cc1. The van der Waals surface area contributed by atoms with Gasteiger partial charge in [-0.05, 0) is 71.1 Å². The first-order chi connectivity index (χ1) is 18.7. The highest BCUT2D eigenvalue weighted by molar-refractivity contribution is 9.10. The second kappa shape index (κ2) is 11.1. The monoisotopic (exact) mass is 624 g/mol. The summed E-state index contributed by atoms with van der Waals surface area (Å²) < 4.78 is 14.2. The number of esters is 1. The molecule has 1 aliphatic heterocycles. The number of thiazole rings is 1. The maximum Gasteiger partial charge on any atom is 0.338 e. The molecule has 0 unspecified atom stereocenters. The molecule has 1 aliphatic rings. The highest BCUT2D eigenvalue weighted by Gasteiger charge is 2.33. The molecule has 5 rings (SSSR count). The Morgan fingerprint density at radius 3 is 2.62 bits per heavy atom. The Hall–Kier alpha value is -3.20. The van der Waals surface area contributed by atoms with Crippen LogP contribution in [0.1, 0.15) is 56.5 Å². The van der Waals surface area contributed by atoms with E-state index in [1.165, 1.54) is 16.9 Å². The minimum Gasteiger partial charge on any atom is -0.463 e. The maximum atomic E-state index is 13.8. The van der Waals surface area contributed by atoms with Crippen LogP contribution in [0.4, 0.5) is 0 Å². The van der Waals surface area contributed by atoms with Crippen LogP contribution in [-0.2, 0) is 9.53 Å². The Balaban J connectivity index is 1.62. The zero-order valence-corrected chi connectivity index (χ0v) is 25.0. The third-order valence-electron chi connectivity index (χ3n) is 6.54. The highest BCUT2D eigenvalue weighted by Crippen LogP contribution is 2.32. The smallest absolute Gasteiger partial charge is 0.338 e. The number of carbonyl (C=O) groups excluding carboxylic acids is 1. The number of nitrogens with zero attached hydrogens (tertiary/aromatic N) is 2. The molecule has 2 aromatic carbocycles. The van der Waals surface area contributed by atoms with Crippen molar-refractivity contribution in [2.45, 2.75) is 39.7 Å². The lowest BCUT2D eigenvalue weighted by molar-refractivity contribution is -0.139. The van der Waals surface area contributed by atoms with E-state index < -0.39 is 12.0 Å². The van der Waals surface area contributed by atoms with Crippen molar-refractivity contribution in [1.82, 2.24) is 4.57 Å². The second-order valence-corrected chi connectivity index (χ2v) is 11.7. The van der Waals surface area contributed by atoms with Crippen LogP contribution in [0.3, 0.4) is 0 Å². The molecule has 0 spiro atoms. The molecule has 0 radical (unpaired) electrons. The molecule has 0 saturated heterocycles. The van der Waals surface area contributed by atoms with Crippen molar-refractivity contribution in [1.29, 1.82) is 0 Å². The molecule has 0 aliphatic carbocycles. The topological polar surface area (TPSA) is 73.8 Å². The molecule has 0 N–H and O–H groups in total. The van der Waals surface area contributed by atoms with Crippen molar-refractivity contribution in [3.05, 3.63) is 112 Å². The molecule has 3 heterocycles. The average Bonchev–Trinajstić information content (AvgIpc) is 3.49. The molecule has 200 valence electrons. The van der Waals surface area contributed by atoms with Gasteiger partial charge < -0.3 is 9.15 Å². The molecule has 0 fully saturated rings. The van der Waals surface area contributed by atoms with Gasteiger partial charge in [-0.25, -0.2) is 9.79 Å². The van der Waals surface area contributed by atoms with Gasteiger partial charge in [-0.2, -0.15) is 0 Å². The number of hydrogen-bond acceptors (Lipinski definition) is 6. The summed E-state index contributed by atoms with van der Waals surface area (Å²) in [6, 6.07) is 16.6. The largest absolute Gasteiger partial charge is 0.463 e. The minimum absolute atomic E-state index is 0.226. The summed E-state index contributed by atoms with van der Waals surface area (Å²) >= 11 is 10.9. The highest BCUT2D eigenvalue weighted by atomic mass is 79.9. The lowest BCUT2D eigenvalue weighted by atomic mass is 9.93. The van der Waals surface area contributed by atoms with Crippen molar-refractivity contribution in [2.24, 2.45) is 4.99 Å². The van der Waals surface area contributed by atoms with Crippen LogP contribution < -0.4 is 14.9 Å². The molecule has 1 atom stereocenters. The average molecular weight is 626 g/mol. The normalized spacial score (nSPS) is 15.5. The summed E-state index contributed by atoms with van der Waals surface area (Å²) in [6.07, 6.45) is 1.70. The van der Waals surface area contributed by atoms with Crippen molar-refractivity contribution in [2.75, 3.05) is 6.61 Å². The molecule has 0 amide bonds. The summed E-state index contributed by atoms with van der Waals surface area (Å²) in [7, 11) is 0. The van der Waals surface area contributed by atoms with E-state index in [9.17, 15) is 9.59 Å². The van der Waals surface area contributed by atoms with Gasteiger partial charge in [0.1, 0.15) is 11.5 Å². The van der Waals surface area contributed by atoms with Gasteiger partial charge >= 0.3 is 5.97 Å². The van der Waals surface area contributed by atoms with Gasteiger partial charge in [0, 0.05) is 16.1 Å². The molecule has 39 heavy (non-hydrogen) atoms. The Morgan fingerprint density at radius 2 is 1.95 bits per heavy atom. The second-order valence-electron chi connectivity index (χ2n) is 9.45. The molecule has 0 bridgehead atoms. The maximum absolute atomic E-state index is 13.8. The molecular formula is C30H26BrClN2O4S. The van der Waals surface area contributed by atoms with Gasteiger partial charge in [-0.3, -0.25) is 9.36 Å². The molecule has 4 aromatic rings. The van der Waals surface area contributed by atoms with E-state index in [-0.39, 0.29) is 12.2 Å². The lowest BCUT2D eigenvalue weighted by Crippen LogP contribution is -2.39. The van der Waals surface area contributed by atoms with E-state index in [2.05, 4.69) is 34.8 Å². The summed E-state index contributed by atoms with van der Waals surface area (Å²) in [4.78, 5) is 32.0. The van der Waals surface area contributed by atoms with Crippen molar-refractivity contribution >= 4 is 50.9 Å². The number of carbonyl (C=O) groups is 1. The van der Waals surface area contributed by atoms with E-state index >= 15 is 0 Å². The van der Waals surface area contributed by atoms with Gasteiger partial charge in [0.15, 0.2) is 4.80 Å². The van der Waals surface area contributed by atoms with E-state index in [0.29, 0.717) is 43.1 Å². The quantitative estimate of drug-likeness (QED) is 0.227. The van der Waals surface area contributed by atoms with E-state index in [1.807, 2.05) is 48.5 Å². The Labute approximate surface area is 243 Å². The zero-order chi connectivity index (χ0) is 27.8. The molecule has 9 heteroatoms. The number of benzene rings is 2. The number of rotatable bonds is 6. The lowest BCUT2D eigenvalue weighted by Gasteiger charge is -2.25. The van der Waals surface area contributed by atoms with Crippen molar-refractivity contribution in [3.8, 4) is 11.3 Å². The minimum atomic E-state index is -0.652. The van der Waals surface area contributed by atoms with Gasteiger partial charge in [-0.15, -0.1) is 0 Å². The molecule has 2 aromatic heterocycles. The van der Waals surface area contributed by atoms with Gasteiger partial charge in [-0.1, -0.05) is 67.1 Å². The fourth-order valence-corrected chi connectivity index (χ4v) is 5.99. The Kier molecular flexibility index (Phi) is 7.80. The summed E-state index contributed by atoms with van der Waals surface area (Å²) in [5.41, 5.74) is 3.45. The summed E-state index contributed by atoms with van der Waals surface area (Å²) in [5.74, 6) is 1.03. The van der Waals surface area contributed by atoms with Crippen molar-refractivity contribution in [3.63, 3.8) is 0 Å². The van der Waals surface area contributed by atoms with Crippen LogP contribution in [-0.4, -0.2) is 17.1 Å². The van der Waals surface area contributed by atoms with Crippen LogP contribution in [0, 0.1) is 0 Å². The van der Waals surface area contributed by atoms with E-state index in [4.69, 9.17) is 20.8 Å². The third kappa shape index (κ3) is 5.33. The zero-order valence-electron chi connectivity index (χ0n) is 21.8. The van der Waals surface area contributed by atoms with Gasteiger partial charge in [0.05, 0.1) is 33.5 Å². The molecular weight excluding hydrogens is 600 g/mol. The van der Waals surface area contributed by atoms with Crippen LogP contribution in [0.5, 0.6) is 0 Å². The van der Waals surface area contributed by atoms with E-state index in [0.717, 1.165) is 15.6 Å². The fourth-order valence-electron chi connectivity index (χ4n) is 4.53. The first-order valence-corrected chi connectivity index (χ1v) is 14.5. The first kappa shape index (κ1) is 27.4. The number of aromatic nitrogens is 1. The predicted octanol–water partition coefficient (Wildman–Crippen LogP) is 6.60. The number of hydrogen-bond donors (Lipinski definition) is 0. The number of ether oxygens (including phenoxy) is 1. The number of halogens is 2. The number of furan rings is 1. The van der Waals surface area contributed by atoms with Crippen LogP contribution in [0.15, 0.2) is 84.5 Å². The first-order valence-electron chi connectivity index (χ1n) is 12.5. The Morgan fingerprint density at radius 1 is 1.21 bits per heavy atom.